The molecular weight excluding hydrogens is 412 g/mol. The van der Waals surface area contributed by atoms with Crippen LogP contribution in [0.1, 0.15) is 52.9 Å². The maximum atomic E-state index is 13.5. The van der Waals surface area contributed by atoms with Crippen LogP contribution in [-0.2, 0) is 18.3 Å². The molecule has 1 aromatic carbocycles. The van der Waals surface area contributed by atoms with E-state index in [0.29, 0.717) is 17.2 Å². The molecule has 4 nitrogen and oxygen atoms in total. The maximum Gasteiger partial charge on any atom is 0.417 e. The number of amides is 1. The normalized spacial score (nSPS) is 22.3. The second-order valence-corrected chi connectivity index (χ2v) is 7.44. The van der Waals surface area contributed by atoms with Gasteiger partial charge >= 0.3 is 6.18 Å². The van der Waals surface area contributed by atoms with Gasteiger partial charge in [-0.3, -0.25) is 4.79 Å². The molecule has 0 unspecified atom stereocenters. The number of benzene rings is 1. The lowest BCUT2D eigenvalue weighted by atomic mass is 9.77. The van der Waals surface area contributed by atoms with Crippen molar-refractivity contribution in [1.82, 2.24) is 10.3 Å². The first-order chi connectivity index (χ1) is 13.6. The van der Waals surface area contributed by atoms with Crippen LogP contribution in [0.3, 0.4) is 0 Å². The van der Waals surface area contributed by atoms with Crippen LogP contribution >= 0.6 is 11.6 Å². The summed E-state index contributed by atoms with van der Waals surface area (Å²) in [6.07, 6.45) is -3.81. The maximum absolute atomic E-state index is 13.5. The number of carbonyl (C=O) groups is 1. The Labute approximate surface area is 169 Å². The Morgan fingerprint density at radius 3 is 2.55 bits per heavy atom. The molecule has 0 radical (unpaired) electrons. The van der Waals surface area contributed by atoms with Gasteiger partial charge < -0.3 is 10.4 Å². The fourth-order valence-electron chi connectivity index (χ4n) is 3.54. The summed E-state index contributed by atoms with van der Waals surface area (Å²) < 4.78 is 52.4. The van der Waals surface area contributed by atoms with E-state index in [1.54, 1.807) is 24.3 Å². The lowest BCUT2D eigenvalue weighted by molar-refractivity contribution is -0.137. The molecule has 1 aromatic heterocycles. The Bertz CT molecular complexity index is 896. The smallest absolute Gasteiger partial charge is 0.385 e. The minimum atomic E-state index is -4.71. The molecule has 1 saturated carbocycles. The molecule has 0 saturated heterocycles. The quantitative estimate of drug-likeness (QED) is 0.686. The van der Waals surface area contributed by atoms with Gasteiger partial charge in [0, 0.05) is 12.7 Å². The van der Waals surface area contributed by atoms with Gasteiger partial charge in [0.15, 0.2) is 0 Å². The van der Waals surface area contributed by atoms with Crippen molar-refractivity contribution in [1.29, 1.82) is 0 Å². The van der Waals surface area contributed by atoms with Crippen molar-refractivity contribution in [3.05, 3.63) is 63.9 Å². The van der Waals surface area contributed by atoms with Gasteiger partial charge in [-0.15, -0.1) is 0 Å². The van der Waals surface area contributed by atoms with Gasteiger partial charge in [-0.2, -0.15) is 13.2 Å². The summed E-state index contributed by atoms with van der Waals surface area (Å²) in [6.45, 7) is -0.0510. The highest BCUT2D eigenvalue weighted by Gasteiger charge is 2.37. The molecule has 0 atom stereocenters. The number of aromatic nitrogens is 1. The first kappa shape index (κ1) is 21.5. The van der Waals surface area contributed by atoms with Crippen LogP contribution in [0.4, 0.5) is 17.6 Å². The highest BCUT2D eigenvalue weighted by molar-refractivity contribution is 6.34. The van der Waals surface area contributed by atoms with Crippen LogP contribution in [0, 0.1) is 0 Å². The molecule has 1 fully saturated rings. The minimum Gasteiger partial charge on any atom is -0.385 e. The molecule has 2 aromatic rings. The number of halogens is 5. The average Bonchev–Trinajstić information content (AvgIpc) is 2.68. The van der Waals surface area contributed by atoms with Gasteiger partial charge in [0.25, 0.3) is 5.91 Å². The summed E-state index contributed by atoms with van der Waals surface area (Å²) in [5, 5.41) is 12.7. The third-order valence-corrected chi connectivity index (χ3v) is 5.49. The Morgan fingerprint density at radius 2 is 1.90 bits per heavy atom. The zero-order valence-electron chi connectivity index (χ0n) is 15.3. The van der Waals surface area contributed by atoms with E-state index < -0.39 is 40.1 Å². The molecule has 1 aliphatic carbocycles. The molecular formula is C20H19ClF4N2O2. The molecule has 1 aliphatic rings. The standard InChI is InChI=1S/C20H19ClF4N2O2/c21-16-15(20(23,24)25)7-10-26-17(16)18(28)27-11-12-3-1-2-4-14(12)19(29)8-5-13(22)6-9-19/h1-4,7,10,13,29H,5-6,8-9,11H2,(H,27,28)/t13-,19-. The minimum absolute atomic E-state index is 0.0510. The topological polar surface area (TPSA) is 62.2 Å². The van der Waals surface area contributed by atoms with Crippen LogP contribution < -0.4 is 5.32 Å². The summed E-state index contributed by atoms with van der Waals surface area (Å²) >= 11 is 5.74. The van der Waals surface area contributed by atoms with E-state index in [1.165, 1.54) is 0 Å². The number of nitrogens with zero attached hydrogens (tertiary/aromatic N) is 1. The molecule has 0 spiro atoms. The van der Waals surface area contributed by atoms with Gasteiger partial charge in [0.05, 0.1) is 16.2 Å². The number of hydrogen-bond donors (Lipinski definition) is 2. The van der Waals surface area contributed by atoms with E-state index in [4.69, 9.17) is 11.6 Å². The van der Waals surface area contributed by atoms with Crippen molar-refractivity contribution in [3.8, 4) is 0 Å². The molecule has 156 valence electrons. The molecule has 29 heavy (non-hydrogen) atoms. The van der Waals surface area contributed by atoms with Crippen LogP contribution in [0.25, 0.3) is 0 Å². The van der Waals surface area contributed by atoms with E-state index in [2.05, 4.69) is 10.3 Å². The number of hydrogen-bond acceptors (Lipinski definition) is 3. The number of pyridine rings is 1. The van der Waals surface area contributed by atoms with Crippen molar-refractivity contribution in [3.63, 3.8) is 0 Å². The van der Waals surface area contributed by atoms with Crippen molar-refractivity contribution < 1.29 is 27.5 Å². The molecule has 0 bridgehead atoms. The van der Waals surface area contributed by atoms with Crippen molar-refractivity contribution >= 4 is 17.5 Å². The van der Waals surface area contributed by atoms with Gasteiger partial charge in [-0.25, -0.2) is 9.37 Å². The first-order valence-electron chi connectivity index (χ1n) is 9.06. The van der Waals surface area contributed by atoms with Crippen molar-refractivity contribution in [2.45, 2.75) is 50.2 Å². The van der Waals surface area contributed by atoms with Gasteiger partial charge in [-0.05, 0) is 42.9 Å². The van der Waals surface area contributed by atoms with Gasteiger partial charge in [-0.1, -0.05) is 35.9 Å². The van der Waals surface area contributed by atoms with E-state index in [1.807, 2.05) is 0 Å². The summed E-state index contributed by atoms with van der Waals surface area (Å²) in [7, 11) is 0. The van der Waals surface area contributed by atoms with E-state index in [-0.39, 0.29) is 32.2 Å². The number of carbonyl (C=O) groups excluding carboxylic acids is 1. The van der Waals surface area contributed by atoms with Crippen molar-refractivity contribution in [2.75, 3.05) is 0 Å². The summed E-state index contributed by atoms with van der Waals surface area (Å²) in [5.41, 5.74) is -1.73. The third kappa shape index (κ3) is 4.70. The number of nitrogens with one attached hydrogen (secondary N) is 1. The number of alkyl halides is 4. The molecule has 1 heterocycles. The monoisotopic (exact) mass is 430 g/mol. The summed E-state index contributed by atoms with van der Waals surface area (Å²) in [4.78, 5) is 16.1. The third-order valence-electron chi connectivity index (χ3n) is 5.11. The fourth-order valence-corrected chi connectivity index (χ4v) is 3.84. The first-order valence-corrected chi connectivity index (χ1v) is 9.44. The predicted molar refractivity (Wildman–Crippen MR) is 99.1 cm³/mol. The highest BCUT2D eigenvalue weighted by Crippen LogP contribution is 2.39. The highest BCUT2D eigenvalue weighted by atomic mass is 35.5. The molecule has 2 N–H and O–H groups in total. The summed E-state index contributed by atoms with van der Waals surface area (Å²) in [5.74, 6) is -0.865. The Hall–Kier alpha value is -2.19. The van der Waals surface area contributed by atoms with Gasteiger partial charge in [0.1, 0.15) is 11.9 Å². The van der Waals surface area contributed by atoms with Crippen LogP contribution in [0.2, 0.25) is 5.02 Å². The molecule has 9 heteroatoms. The Balaban J connectivity index is 1.79. The fraction of sp³-hybridized carbons (Fsp3) is 0.400. The zero-order valence-corrected chi connectivity index (χ0v) is 16.0. The van der Waals surface area contributed by atoms with Crippen molar-refractivity contribution in [2.24, 2.45) is 0 Å². The lowest BCUT2D eigenvalue weighted by Crippen LogP contribution is -2.34. The SMILES string of the molecule is O=C(NCc1ccccc1[C@]1(O)CC[C@H](F)CC1)c1nccc(C(F)(F)F)c1Cl. The van der Waals surface area contributed by atoms with Crippen LogP contribution in [-0.4, -0.2) is 22.2 Å². The summed E-state index contributed by atoms with van der Waals surface area (Å²) in [6, 6.07) is 7.53. The Kier molecular flexibility index (Phi) is 6.14. The van der Waals surface area contributed by atoms with Crippen LogP contribution in [0.5, 0.6) is 0 Å². The molecule has 1 amide bonds. The Morgan fingerprint density at radius 1 is 1.24 bits per heavy atom. The average molecular weight is 431 g/mol. The van der Waals surface area contributed by atoms with Gasteiger partial charge in [0.2, 0.25) is 0 Å². The largest absolute Gasteiger partial charge is 0.417 e. The zero-order chi connectivity index (χ0) is 21.2. The van der Waals surface area contributed by atoms with Crippen LogP contribution in [0.15, 0.2) is 36.5 Å². The van der Waals surface area contributed by atoms with E-state index in [9.17, 15) is 27.5 Å². The van der Waals surface area contributed by atoms with E-state index in [0.717, 1.165) is 6.20 Å². The predicted octanol–water partition coefficient (Wildman–Crippen LogP) is 4.78. The lowest BCUT2D eigenvalue weighted by Gasteiger charge is -2.35. The second-order valence-electron chi connectivity index (χ2n) is 7.06. The number of rotatable bonds is 4. The van der Waals surface area contributed by atoms with E-state index >= 15 is 0 Å². The number of aliphatic hydroxyl groups is 1. The molecule has 3 rings (SSSR count). The molecule has 0 aliphatic heterocycles. The second kappa shape index (κ2) is 8.28.